The summed E-state index contributed by atoms with van der Waals surface area (Å²) < 4.78 is 40.6. The molecule has 0 atom stereocenters. The molecule has 1 aromatic carbocycles. The van der Waals surface area contributed by atoms with Crippen LogP contribution in [-0.4, -0.2) is 28.8 Å². The first-order chi connectivity index (χ1) is 12.0. The van der Waals surface area contributed by atoms with Crippen molar-refractivity contribution in [2.45, 2.75) is 12.8 Å². The maximum Gasteiger partial charge on any atom is 0.183 e. The molecule has 0 radical (unpaired) electrons. The van der Waals surface area contributed by atoms with Gasteiger partial charge in [0.1, 0.15) is 23.5 Å². The van der Waals surface area contributed by atoms with E-state index in [4.69, 9.17) is 5.26 Å². The lowest BCUT2D eigenvalue weighted by atomic mass is 9.88. The van der Waals surface area contributed by atoms with Gasteiger partial charge in [0.25, 0.3) is 0 Å². The number of carbonyl (C=O) groups is 1. The first-order valence-electron chi connectivity index (χ1n) is 7.66. The molecule has 1 aromatic heterocycles. The van der Waals surface area contributed by atoms with Crippen LogP contribution in [-0.2, 0) is 0 Å². The number of rotatable bonds is 3. The fourth-order valence-corrected chi connectivity index (χ4v) is 2.98. The summed E-state index contributed by atoms with van der Waals surface area (Å²) in [6.45, 7) is 0.794. The molecule has 1 saturated heterocycles. The van der Waals surface area contributed by atoms with E-state index in [1.807, 2.05) is 11.0 Å². The number of hydrogen-bond acceptors (Lipinski definition) is 5. The second-order valence-electron chi connectivity index (χ2n) is 5.71. The van der Waals surface area contributed by atoms with Crippen molar-refractivity contribution in [2.75, 3.05) is 18.0 Å². The molecular formula is C17H13F3N4O. The Kier molecular flexibility index (Phi) is 4.65. The summed E-state index contributed by atoms with van der Waals surface area (Å²) in [4.78, 5) is 22.3. The highest BCUT2D eigenvalue weighted by Crippen LogP contribution is 2.27. The molecule has 1 aliphatic heterocycles. The molecule has 2 heterocycles. The number of anilines is 1. The Morgan fingerprint density at radius 1 is 1.12 bits per heavy atom. The minimum atomic E-state index is -1.19. The molecule has 0 amide bonds. The lowest BCUT2D eigenvalue weighted by molar-refractivity contribution is 0.0891. The smallest absolute Gasteiger partial charge is 0.183 e. The van der Waals surface area contributed by atoms with Gasteiger partial charge in [-0.2, -0.15) is 5.26 Å². The fourth-order valence-electron chi connectivity index (χ4n) is 2.98. The molecule has 0 unspecified atom stereocenters. The molecule has 2 aromatic rings. The molecule has 1 aliphatic rings. The van der Waals surface area contributed by atoms with Gasteiger partial charge < -0.3 is 4.90 Å². The van der Waals surface area contributed by atoms with Crippen molar-refractivity contribution in [2.24, 2.45) is 5.92 Å². The Labute approximate surface area is 141 Å². The van der Waals surface area contributed by atoms with Gasteiger partial charge in [-0.3, -0.25) is 4.79 Å². The number of Topliss-reactive ketones (excluding diaryl/α,β-unsaturated/α-hetero) is 1. The molecule has 128 valence electrons. The maximum atomic E-state index is 13.8. The van der Waals surface area contributed by atoms with Gasteiger partial charge in [0, 0.05) is 43.5 Å². The molecule has 3 rings (SSSR count). The van der Waals surface area contributed by atoms with Crippen LogP contribution in [0.4, 0.5) is 19.0 Å². The van der Waals surface area contributed by atoms with Gasteiger partial charge in [-0.25, -0.2) is 23.1 Å². The van der Waals surface area contributed by atoms with Crippen LogP contribution in [0, 0.1) is 34.7 Å². The van der Waals surface area contributed by atoms with E-state index >= 15 is 0 Å². The van der Waals surface area contributed by atoms with Gasteiger partial charge in [0.15, 0.2) is 17.3 Å². The van der Waals surface area contributed by atoms with E-state index in [0.29, 0.717) is 43.9 Å². The van der Waals surface area contributed by atoms with E-state index < -0.39 is 34.7 Å². The van der Waals surface area contributed by atoms with Gasteiger partial charge >= 0.3 is 0 Å². The number of carbonyl (C=O) groups excluding carboxylic acids is 1. The summed E-state index contributed by atoms with van der Waals surface area (Å²) in [6, 6.07) is 2.96. The predicted molar refractivity (Wildman–Crippen MR) is 82.3 cm³/mol. The molecule has 8 heteroatoms. The lowest BCUT2D eigenvalue weighted by Gasteiger charge is -2.32. The molecule has 0 N–H and O–H groups in total. The number of piperidine rings is 1. The van der Waals surface area contributed by atoms with Crippen molar-refractivity contribution < 1.29 is 18.0 Å². The third-order valence-corrected chi connectivity index (χ3v) is 4.20. The average molecular weight is 346 g/mol. The molecule has 5 nitrogen and oxygen atoms in total. The number of nitriles is 1. The largest absolute Gasteiger partial charge is 0.354 e. The molecule has 0 aliphatic carbocycles. The third kappa shape index (κ3) is 3.31. The Bertz CT molecular complexity index is 834. The van der Waals surface area contributed by atoms with Crippen molar-refractivity contribution in [3.63, 3.8) is 0 Å². The van der Waals surface area contributed by atoms with Crippen LogP contribution in [0.2, 0.25) is 0 Å². The van der Waals surface area contributed by atoms with E-state index in [0.717, 1.165) is 0 Å². The quantitative estimate of drug-likeness (QED) is 0.800. The van der Waals surface area contributed by atoms with Crippen LogP contribution in [0.1, 0.15) is 28.9 Å². The standard InChI is InChI=1S/C17H13F3N4O/c18-11-7-12(19)15(13(20)8-11)16(25)10-1-5-24(6-2-10)17-14(9-21)22-3-4-23-17/h3-4,7-8,10H,1-2,5-6H2. The summed E-state index contributed by atoms with van der Waals surface area (Å²) in [5, 5.41) is 9.07. The third-order valence-electron chi connectivity index (χ3n) is 4.20. The van der Waals surface area contributed by atoms with E-state index in [1.54, 1.807) is 0 Å². The minimum absolute atomic E-state index is 0.183. The first-order valence-corrected chi connectivity index (χ1v) is 7.66. The van der Waals surface area contributed by atoms with Crippen molar-refractivity contribution in [3.8, 4) is 6.07 Å². The molecule has 0 saturated carbocycles. The predicted octanol–water partition coefficient (Wildman–Crippen LogP) is 2.86. The van der Waals surface area contributed by atoms with E-state index in [-0.39, 0.29) is 5.69 Å². The van der Waals surface area contributed by atoms with Crippen molar-refractivity contribution in [3.05, 3.63) is 53.2 Å². The highest BCUT2D eigenvalue weighted by molar-refractivity contribution is 5.98. The molecule has 25 heavy (non-hydrogen) atoms. The summed E-state index contributed by atoms with van der Waals surface area (Å²) in [5.41, 5.74) is -0.514. The summed E-state index contributed by atoms with van der Waals surface area (Å²) in [6.07, 6.45) is 3.57. The molecular weight excluding hydrogens is 333 g/mol. The van der Waals surface area contributed by atoms with Crippen LogP contribution in [0.15, 0.2) is 24.5 Å². The second-order valence-corrected chi connectivity index (χ2v) is 5.71. The van der Waals surface area contributed by atoms with Crippen LogP contribution < -0.4 is 4.90 Å². The number of nitrogens with zero attached hydrogens (tertiary/aromatic N) is 4. The van der Waals surface area contributed by atoms with Gasteiger partial charge in [0.05, 0.1) is 5.56 Å². The molecule has 1 fully saturated rings. The normalized spacial score (nSPS) is 15.0. The number of aromatic nitrogens is 2. The Balaban J connectivity index is 1.75. The minimum Gasteiger partial charge on any atom is -0.354 e. The topological polar surface area (TPSA) is 69.9 Å². The lowest BCUT2D eigenvalue weighted by Crippen LogP contribution is -2.37. The maximum absolute atomic E-state index is 13.8. The van der Waals surface area contributed by atoms with Gasteiger partial charge in [-0.1, -0.05) is 0 Å². The van der Waals surface area contributed by atoms with Crippen LogP contribution in [0.25, 0.3) is 0 Å². The van der Waals surface area contributed by atoms with Crippen LogP contribution in [0.3, 0.4) is 0 Å². The Morgan fingerprint density at radius 3 is 2.32 bits per heavy atom. The second kappa shape index (κ2) is 6.89. The van der Waals surface area contributed by atoms with Crippen LogP contribution in [0.5, 0.6) is 0 Å². The van der Waals surface area contributed by atoms with Gasteiger partial charge in [-0.05, 0) is 12.8 Å². The molecule has 0 spiro atoms. The van der Waals surface area contributed by atoms with Crippen molar-refractivity contribution >= 4 is 11.6 Å². The SMILES string of the molecule is N#Cc1nccnc1N1CCC(C(=O)c2c(F)cc(F)cc2F)CC1. The van der Waals surface area contributed by atoms with Gasteiger partial charge in [0.2, 0.25) is 0 Å². The number of ketones is 1. The summed E-state index contributed by atoms with van der Waals surface area (Å²) in [5.74, 6) is -4.26. The van der Waals surface area contributed by atoms with Crippen molar-refractivity contribution in [1.82, 2.24) is 9.97 Å². The zero-order valence-electron chi connectivity index (χ0n) is 13.0. The van der Waals surface area contributed by atoms with E-state index in [1.165, 1.54) is 12.4 Å². The van der Waals surface area contributed by atoms with E-state index in [2.05, 4.69) is 9.97 Å². The Morgan fingerprint density at radius 2 is 1.72 bits per heavy atom. The monoisotopic (exact) mass is 346 g/mol. The highest BCUT2D eigenvalue weighted by atomic mass is 19.1. The van der Waals surface area contributed by atoms with Crippen LogP contribution >= 0.6 is 0 Å². The number of hydrogen-bond donors (Lipinski definition) is 0. The zero-order valence-corrected chi connectivity index (χ0v) is 13.0. The Hall–Kier alpha value is -2.95. The highest BCUT2D eigenvalue weighted by Gasteiger charge is 2.31. The van der Waals surface area contributed by atoms with Gasteiger partial charge in [-0.15, -0.1) is 0 Å². The average Bonchev–Trinajstić information content (AvgIpc) is 2.61. The van der Waals surface area contributed by atoms with Crippen molar-refractivity contribution in [1.29, 1.82) is 5.26 Å². The fraction of sp³-hybridized carbons (Fsp3) is 0.294. The summed E-state index contributed by atoms with van der Waals surface area (Å²) >= 11 is 0. The van der Waals surface area contributed by atoms with E-state index in [9.17, 15) is 18.0 Å². The number of halogens is 3. The molecule has 0 bridgehead atoms. The first kappa shape index (κ1) is 16.9. The zero-order chi connectivity index (χ0) is 18.0. The number of benzene rings is 1. The summed E-state index contributed by atoms with van der Waals surface area (Å²) in [7, 11) is 0.